The molecule has 0 aliphatic carbocycles. The Labute approximate surface area is 166 Å². The molecule has 0 spiro atoms. The molecule has 1 N–H and O–H groups in total. The Balaban J connectivity index is 1.94. The van der Waals surface area contributed by atoms with E-state index in [1.807, 2.05) is 0 Å². The summed E-state index contributed by atoms with van der Waals surface area (Å²) in [5.41, 5.74) is 1.41. The van der Waals surface area contributed by atoms with Crippen molar-refractivity contribution in [1.29, 1.82) is 0 Å². The van der Waals surface area contributed by atoms with Gasteiger partial charge in [0.05, 0.1) is 12.8 Å². The lowest BCUT2D eigenvalue weighted by Crippen LogP contribution is -2.22. The number of rotatable bonds is 5. The zero-order chi connectivity index (χ0) is 21.1. The molecule has 1 heterocycles. The topological polar surface area (TPSA) is 116 Å². The third-order valence-electron chi connectivity index (χ3n) is 4.18. The van der Waals surface area contributed by atoms with Crippen LogP contribution in [-0.4, -0.2) is 28.8 Å². The fraction of sp³-hybridized carbons (Fsp3) is 0.238. The second kappa shape index (κ2) is 8.14. The molecular weight excluding hydrogens is 380 g/mol. The van der Waals surface area contributed by atoms with Gasteiger partial charge in [0.2, 0.25) is 0 Å². The van der Waals surface area contributed by atoms with Crippen LogP contribution in [0.1, 0.15) is 47.9 Å². The summed E-state index contributed by atoms with van der Waals surface area (Å²) in [5, 5.41) is 8.86. The molecule has 0 bridgehead atoms. The lowest BCUT2D eigenvalue weighted by atomic mass is 9.94. The van der Waals surface area contributed by atoms with E-state index in [4.69, 9.17) is 19.3 Å². The maximum Gasteiger partial charge on any atom is 0.308 e. The van der Waals surface area contributed by atoms with Gasteiger partial charge in [-0.15, -0.1) is 0 Å². The van der Waals surface area contributed by atoms with E-state index in [-0.39, 0.29) is 41.4 Å². The minimum Gasteiger partial charge on any atom is -0.484 e. The first-order chi connectivity index (χ1) is 13.7. The third-order valence-corrected chi connectivity index (χ3v) is 4.18. The van der Waals surface area contributed by atoms with E-state index in [0.717, 1.165) is 0 Å². The van der Waals surface area contributed by atoms with Crippen LogP contribution in [0.3, 0.4) is 0 Å². The van der Waals surface area contributed by atoms with Gasteiger partial charge >= 0.3 is 17.9 Å². The summed E-state index contributed by atoms with van der Waals surface area (Å²) in [5.74, 6) is -2.26. The van der Waals surface area contributed by atoms with Gasteiger partial charge < -0.3 is 19.3 Å². The van der Waals surface area contributed by atoms with Crippen LogP contribution in [0, 0.1) is 0 Å². The Morgan fingerprint density at radius 3 is 2.31 bits per heavy atom. The van der Waals surface area contributed by atoms with Crippen LogP contribution < -0.4 is 14.2 Å². The predicted octanol–water partition coefficient (Wildman–Crippen LogP) is 2.87. The van der Waals surface area contributed by atoms with E-state index in [1.165, 1.54) is 26.0 Å². The van der Waals surface area contributed by atoms with E-state index in [0.29, 0.717) is 11.1 Å². The summed E-state index contributed by atoms with van der Waals surface area (Å²) in [6, 6.07) is 9.41. The number of Topliss-reactive ketones (excluding diaryl/α,β-unsaturated/α-hetero) is 1. The van der Waals surface area contributed by atoms with Gasteiger partial charge in [-0.3, -0.25) is 19.2 Å². The van der Waals surface area contributed by atoms with Crippen LogP contribution in [0.5, 0.6) is 17.2 Å². The minimum atomic E-state index is -0.938. The summed E-state index contributed by atoms with van der Waals surface area (Å²) < 4.78 is 16.1. The Hall–Kier alpha value is -3.68. The number of ketones is 1. The molecule has 1 unspecified atom stereocenters. The summed E-state index contributed by atoms with van der Waals surface area (Å²) in [6.45, 7) is 2.42. The number of fused-ring (bicyclic) bond motifs is 1. The molecule has 8 heteroatoms. The number of hydrogen-bond acceptors (Lipinski definition) is 7. The molecule has 2 aromatic rings. The molecule has 150 valence electrons. The molecule has 2 aromatic carbocycles. The van der Waals surface area contributed by atoms with Crippen molar-refractivity contribution in [3.05, 3.63) is 53.1 Å². The molecule has 0 aromatic heterocycles. The number of carbonyl (C=O) groups is 4. The number of carboxylic acid groups (broad SMARTS) is 1. The second-order valence-corrected chi connectivity index (χ2v) is 6.53. The molecule has 1 atom stereocenters. The van der Waals surface area contributed by atoms with Gasteiger partial charge in [-0.05, 0) is 11.1 Å². The normalized spacial score (nSPS) is 15.1. The van der Waals surface area contributed by atoms with Gasteiger partial charge in [0.1, 0.15) is 28.9 Å². The quantitative estimate of drug-likeness (QED) is 0.604. The van der Waals surface area contributed by atoms with Gasteiger partial charge in [-0.2, -0.15) is 0 Å². The van der Waals surface area contributed by atoms with E-state index >= 15 is 0 Å². The van der Waals surface area contributed by atoms with Crippen LogP contribution in [-0.2, 0) is 20.8 Å². The highest BCUT2D eigenvalue weighted by molar-refractivity contribution is 6.03. The monoisotopic (exact) mass is 398 g/mol. The van der Waals surface area contributed by atoms with Crippen molar-refractivity contribution >= 4 is 23.7 Å². The smallest absolute Gasteiger partial charge is 0.308 e. The average Bonchev–Trinajstić information content (AvgIpc) is 2.60. The number of hydrogen-bond donors (Lipinski definition) is 1. The van der Waals surface area contributed by atoms with Gasteiger partial charge in [0.25, 0.3) is 0 Å². The van der Waals surface area contributed by atoms with Crippen LogP contribution in [0.15, 0.2) is 36.4 Å². The molecule has 1 aliphatic rings. The fourth-order valence-corrected chi connectivity index (χ4v) is 3.07. The highest BCUT2D eigenvalue weighted by atomic mass is 16.5. The lowest BCUT2D eigenvalue weighted by Gasteiger charge is -2.27. The average molecular weight is 398 g/mol. The number of carbonyl (C=O) groups excluding carboxylic acids is 3. The van der Waals surface area contributed by atoms with E-state index in [9.17, 15) is 19.2 Å². The van der Waals surface area contributed by atoms with Crippen molar-refractivity contribution in [2.45, 2.75) is 32.8 Å². The number of benzene rings is 2. The Morgan fingerprint density at radius 1 is 1.07 bits per heavy atom. The molecule has 0 amide bonds. The van der Waals surface area contributed by atoms with Gasteiger partial charge in [-0.1, -0.05) is 24.3 Å². The largest absolute Gasteiger partial charge is 0.484 e. The number of aliphatic carboxylic acids is 1. The summed E-state index contributed by atoms with van der Waals surface area (Å²) in [4.78, 5) is 46.3. The highest BCUT2D eigenvalue weighted by Crippen LogP contribution is 2.42. The molecule has 8 nitrogen and oxygen atoms in total. The van der Waals surface area contributed by atoms with Crippen LogP contribution in [0.4, 0.5) is 0 Å². The van der Waals surface area contributed by atoms with E-state index in [2.05, 4.69) is 0 Å². The summed E-state index contributed by atoms with van der Waals surface area (Å²) in [7, 11) is 0. The van der Waals surface area contributed by atoms with Crippen LogP contribution >= 0.6 is 0 Å². The SMILES string of the molecule is CC(=O)Oc1cc(OC(C)=O)c2c(c1)OC(c1ccc(CC(=O)O)cc1)CC2=O. The summed E-state index contributed by atoms with van der Waals surface area (Å²) in [6.07, 6.45) is -0.719. The second-order valence-electron chi connectivity index (χ2n) is 6.53. The third kappa shape index (κ3) is 4.78. The fourth-order valence-electron chi connectivity index (χ4n) is 3.07. The molecular formula is C21H18O8. The zero-order valence-corrected chi connectivity index (χ0v) is 15.8. The molecule has 0 radical (unpaired) electrons. The van der Waals surface area contributed by atoms with Crippen molar-refractivity contribution in [2.75, 3.05) is 0 Å². The standard InChI is InChI=1S/C21H18O8/c1-11(22)27-15-8-18(28-12(2)23)21-16(24)10-17(29-19(21)9-15)14-5-3-13(4-6-14)7-20(25)26/h3-6,8-9,17H,7,10H2,1-2H3,(H,25,26). The molecule has 3 rings (SSSR count). The maximum atomic E-state index is 12.8. The minimum absolute atomic E-state index is 0.00640. The number of ether oxygens (including phenoxy) is 3. The first-order valence-corrected chi connectivity index (χ1v) is 8.78. The molecule has 0 fully saturated rings. The van der Waals surface area contributed by atoms with Gasteiger partial charge in [0.15, 0.2) is 5.78 Å². The first kappa shape index (κ1) is 20.1. The lowest BCUT2D eigenvalue weighted by molar-refractivity contribution is -0.136. The van der Waals surface area contributed by atoms with Crippen LogP contribution in [0.25, 0.3) is 0 Å². The van der Waals surface area contributed by atoms with Crippen molar-refractivity contribution in [2.24, 2.45) is 0 Å². The van der Waals surface area contributed by atoms with Crippen molar-refractivity contribution in [1.82, 2.24) is 0 Å². The van der Waals surface area contributed by atoms with E-state index < -0.39 is 24.0 Å². The predicted molar refractivity (Wildman–Crippen MR) is 99.2 cm³/mol. The maximum absolute atomic E-state index is 12.8. The molecule has 29 heavy (non-hydrogen) atoms. The van der Waals surface area contributed by atoms with E-state index in [1.54, 1.807) is 24.3 Å². The van der Waals surface area contributed by atoms with Gasteiger partial charge in [-0.25, -0.2) is 0 Å². The van der Waals surface area contributed by atoms with Gasteiger partial charge in [0, 0.05) is 26.0 Å². The Kier molecular flexibility index (Phi) is 5.63. The highest BCUT2D eigenvalue weighted by Gasteiger charge is 2.32. The van der Waals surface area contributed by atoms with Crippen molar-refractivity contribution in [3.63, 3.8) is 0 Å². The Morgan fingerprint density at radius 2 is 1.72 bits per heavy atom. The number of esters is 2. The molecule has 0 saturated carbocycles. The zero-order valence-electron chi connectivity index (χ0n) is 15.8. The molecule has 1 aliphatic heterocycles. The molecule has 0 saturated heterocycles. The number of carboxylic acids is 1. The first-order valence-electron chi connectivity index (χ1n) is 8.78. The van der Waals surface area contributed by atoms with Crippen LogP contribution in [0.2, 0.25) is 0 Å². The van der Waals surface area contributed by atoms with Crippen molar-refractivity contribution < 1.29 is 38.5 Å². The van der Waals surface area contributed by atoms with Crippen molar-refractivity contribution in [3.8, 4) is 17.2 Å². The Bertz CT molecular complexity index is 990. The summed E-state index contributed by atoms with van der Waals surface area (Å²) >= 11 is 0.